The first-order valence-corrected chi connectivity index (χ1v) is 6.46. The van der Waals surface area contributed by atoms with Crippen molar-refractivity contribution in [2.24, 2.45) is 5.92 Å². The molecule has 1 aromatic rings. The molecule has 2 N–H and O–H groups in total. The molecule has 0 radical (unpaired) electrons. The summed E-state index contributed by atoms with van der Waals surface area (Å²) in [6.07, 6.45) is 1.79. The minimum atomic E-state index is -0.689. The molecule has 0 spiro atoms. The fraction of sp³-hybridized carbons (Fsp3) is 0.500. The number of fused-ring (bicyclic) bond motifs is 1. The molecule has 4 nitrogen and oxygen atoms in total. The van der Waals surface area contributed by atoms with E-state index < -0.39 is 5.97 Å². The third-order valence-corrected chi connectivity index (χ3v) is 4.10. The lowest BCUT2D eigenvalue weighted by atomic mass is 9.97. The van der Waals surface area contributed by atoms with Crippen LogP contribution in [0.1, 0.15) is 23.6 Å². The molecule has 2 aliphatic heterocycles. The Balaban J connectivity index is 1.90. The molecule has 1 saturated heterocycles. The highest BCUT2D eigenvalue weighted by Crippen LogP contribution is 2.38. The first-order valence-electron chi connectivity index (χ1n) is 6.46. The third kappa shape index (κ3) is 1.77. The lowest BCUT2D eigenvalue weighted by Gasteiger charge is -2.21. The van der Waals surface area contributed by atoms with E-state index in [1.54, 1.807) is 0 Å². The number of likely N-dealkylation sites (N-methyl/N-ethyl adjacent to an activating group) is 1. The fourth-order valence-electron chi connectivity index (χ4n) is 3.12. The van der Waals surface area contributed by atoms with Crippen molar-refractivity contribution >= 4 is 11.7 Å². The predicted molar refractivity (Wildman–Crippen MR) is 69.9 cm³/mol. The molecule has 18 heavy (non-hydrogen) atoms. The molecule has 0 aliphatic carbocycles. The zero-order valence-electron chi connectivity index (χ0n) is 10.5. The number of benzene rings is 1. The van der Waals surface area contributed by atoms with Gasteiger partial charge in [-0.15, -0.1) is 0 Å². The number of carboxylic acids is 1. The Morgan fingerprint density at radius 2 is 2.33 bits per heavy atom. The number of para-hydroxylation sites is 1. The summed E-state index contributed by atoms with van der Waals surface area (Å²) >= 11 is 0. The van der Waals surface area contributed by atoms with E-state index in [2.05, 4.69) is 35.5 Å². The summed E-state index contributed by atoms with van der Waals surface area (Å²) < 4.78 is 0. The smallest absolute Gasteiger partial charge is 0.307 e. The van der Waals surface area contributed by atoms with Crippen molar-refractivity contribution in [2.45, 2.75) is 18.9 Å². The quantitative estimate of drug-likeness (QED) is 0.828. The van der Waals surface area contributed by atoms with E-state index in [1.807, 2.05) is 0 Å². The maximum Gasteiger partial charge on any atom is 0.307 e. The SMILES string of the molecule is CN1CCc2cccc(C3CC(C(=O)O)CN3)c21. The Labute approximate surface area is 107 Å². The number of anilines is 1. The molecule has 4 heteroatoms. The minimum Gasteiger partial charge on any atom is -0.481 e. The number of hydrogen-bond acceptors (Lipinski definition) is 3. The lowest BCUT2D eigenvalue weighted by Crippen LogP contribution is -2.19. The van der Waals surface area contributed by atoms with Gasteiger partial charge in [0.2, 0.25) is 0 Å². The summed E-state index contributed by atoms with van der Waals surface area (Å²) in [5, 5.41) is 12.4. The summed E-state index contributed by atoms with van der Waals surface area (Å²) in [6, 6.07) is 6.57. The summed E-state index contributed by atoms with van der Waals surface area (Å²) in [5.74, 6) is -0.941. The standard InChI is InChI=1S/C14H18N2O2/c1-16-6-5-9-3-2-4-11(13(9)16)12-7-10(8-15-12)14(17)18/h2-4,10,12,15H,5-8H2,1H3,(H,17,18). The second-order valence-electron chi connectivity index (χ2n) is 5.26. The fourth-order valence-corrected chi connectivity index (χ4v) is 3.12. The Kier molecular flexibility index (Phi) is 2.74. The van der Waals surface area contributed by atoms with Crippen molar-refractivity contribution in [1.82, 2.24) is 5.32 Å². The van der Waals surface area contributed by atoms with Gasteiger partial charge in [0.1, 0.15) is 0 Å². The van der Waals surface area contributed by atoms with Gasteiger partial charge in [-0.2, -0.15) is 0 Å². The highest BCUT2D eigenvalue weighted by atomic mass is 16.4. The number of rotatable bonds is 2. The van der Waals surface area contributed by atoms with Gasteiger partial charge in [-0.3, -0.25) is 4.79 Å². The summed E-state index contributed by atoms with van der Waals surface area (Å²) in [6.45, 7) is 1.63. The molecular formula is C14H18N2O2. The second kappa shape index (κ2) is 4.28. The van der Waals surface area contributed by atoms with Crippen LogP contribution in [0.15, 0.2) is 18.2 Å². The van der Waals surface area contributed by atoms with Crippen LogP contribution in [-0.2, 0) is 11.2 Å². The first-order chi connectivity index (χ1) is 8.66. The number of aliphatic carboxylic acids is 1. The molecule has 0 bridgehead atoms. The molecule has 1 fully saturated rings. The van der Waals surface area contributed by atoms with Crippen LogP contribution in [-0.4, -0.2) is 31.2 Å². The average molecular weight is 246 g/mol. The van der Waals surface area contributed by atoms with Crippen LogP contribution >= 0.6 is 0 Å². The molecule has 0 aromatic heterocycles. The topological polar surface area (TPSA) is 52.6 Å². The third-order valence-electron chi connectivity index (χ3n) is 4.10. The molecule has 2 atom stereocenters. The molecule has 2 aliphatic rings. The number of carbonyl (C=O) groups is 1. The second-order valence-corrected chi connectivity index (χ2v) is 5.26. The van der Waals surface area contributed by atoms with Crippen molar-refractivity contribution in [3.8, 4) is 0 Å². The van der Waals surface area contributed by atoms with Gasteiger partial charge in [0, 0.05) is 31.9 Å². The van der Waals surface area contributed by atoms with Crippen molar-refractivity contribution in [3.05, 3.63) is 29.3 Å². The zero-order chi connectivity index (χ0) is 12.7. The average Bonchev–Trinajstić information content (AvgIpc) is 2.96. The van der Waals surface area contributed by atoms with E-state index in [0.29, 0.717) is 13.0 Å². The molecule has 2 unspecified atom stereocenters. The largest absolute Gasteiger partial charge is 0.481 e. The number of carboxylic acid groups (broad SMARTS) is 1. The van der Waals surface area contributed by atoms with Gasteiger partial charge in [-0.1, -0.05) is 18.2 Å². The minimum absolute atomic E-state index is 0.182. The predicted octanol–water partition coefficient (Wildman–Crippen LogP) is 1.41. The van der Waals surface area contributed by atoms with Crippen molar-refractivity contribution in [2.75, 3.05) is 25.0 Å². The molecular weight excluding hydrogens is 228 g/mol. The van der Waals surface area contributed by atoms with Crippen molar-refractivity contribution in [1.29, 1.82) is 0 Å². The molecule has 2 heterocycles. The van der Waals surface area contributed by atoms with E-state index in [4.69, 9.17) is 5.11 Å². The molecule has 0 saturated carbocycles. The normalized spacial score (nSPS) is 26.4. The maximum absolute atomic E-state index is 11.0. The Hall–Kier alpha value is -1.55. The van der Waals surface area contributed by atoms with Crippen LogP contribution in [0.25, 0.3) is 0 Å². The molecule has 96 valence electrons. The van der Waals surface area contributed by atoms with E-state index >= 15 is 0 Å². The Morgan fingerprint density at radius 1 is 1.50 bits per heavy atom. The first kappa shape index (κ1) is 11.5. The van der Waals surface area contributed by atoms with Gasteiger partial charge in [0.25, 0.3) is 0 Å². The lowest BCUT2D eigenvalue weighted by molar-refractivity contribution is -0.141. The van der Waals surface area contributed by atoms with Gasteiger partial charge in [0.05, 0.1) is 5.92 Å². The number of hydrogen-bond donors (Lipinski definition) is 2. The molecule has 3 rings (SSSR count). The highest BCUT2D eigenvalue weighted by Gasteiger charge is 2.33. The maximum atomic E-state index is 11.0. The van der Waals surface area contributed by atoms with Gasteiger partial charge >= 0.3 is 5.97 Å². The van der Waals surface area contributed by atoms with Gasteiger partial charge < -0.3 is 15.3 Å². The summed E-state index contributed by atoms with van der Waals surface area (Å²) in [4.78, 5) is 13.3. The van der Waals surface area contributed by atoms with E-state index in [1.165, 1.54) is 16.8 Å². The van der Waals surface area contributed by atoms with Crippen LogP contribution in [0, 0.1) is 5.92 Å². The summed E-state index contributed by atoms with van der Waals surface area (Å²) in [7, 11) is 2.11. The van der Waals surface area contributed by atoms with Crippen molar-refractivity contribution in [3.63, 3.8) is 0 Å². The number of nitrogens with one attached hydrogen (secondary N) is 1. The van der Waals surface area contributed by atoms with Crippen LogP contribution < -0.4 is 10.2 Å². The van der Waals surface area contributed by atoms with E-state index in [0.717, 1.165) is 13.0 Å². The van der Waals surface area contributed by atoms with Crippen molar-refractivity contribution < 1.29 is 9.90 Å². The van der Waals surface area contributed by atoms with Gasteiger partial charge in [-0.05, 0) is 24.0 Å². The Morgan fingerprint density at radius 3 is 3.06 bits per heavy atom. The monoisotopic (exact) mass is 246 g/mol. The van der Waals surface area contributed by atoms with E-state index in [9.17, 15) is 4.79 Å². The van der Waals surface area contributed by atoms with Crippen LogP contribution in [0.5, 0.6) is 0 Å². The van der Waals surface area contributed by atoms with E-state index in [-0.39, 0.29) is 12.0 Å². The van der Waals surface area contributed by atoms with Gasteiger partial charge in [-0.25, -0.2) is 0 Å². The Bertz CT molecular complexity index is 487. The molecule has 1 aromatic carbocycles. The van der Waals surface area contributed by atoms with Crippen LogP contribution in [0.4, 0.5) is 5.69 Å². The van der Waals surface area contributed by atoms with Crippen LogP contribution in [0.3, 0.4) is 0 Å². The summed E-state index contributed by atoms with van der Waals surface area (Å²) in [5.41, 5.74) is 3.95. The molecule has 0 amide bonds. The van der Waals surface area contributed by atoms with Gasteiger partial charge in [0.15, 0.2) is 0 Å². The highest BCUT2D eigenvalue weighted by molar-refractivity contribution is 5.71. The zero-order valence-corrected chi connectivity index (χ0v) is 10.5. The number of nitrogens with zero attached hydrogens (tertiary/aromatic N) is 1. The van der Waals surface area contributed by atoms with Crippen LogP contribution in [0.2, 0.25) is 0 Å².